The van der Waals surface area contributed by atoms with Crippen LogP contribution < -0.4 is 15.0 Å². The molecular weight excluding hydrogens is 295 g/mol. The Kier molecular flexibility index (Phi) is 4.19. The number of urea groups is 1. The van der Waals surface area contributed by atoms with E-state index in [2.05, 4.69) is 5.32 Å². The molecule has 0 spiro atoms. The monoisotopic (exact) mass is 314 g/mol. The minimum atomic E-state index is -0.336. The molecule has 1 atom stereocenters. The van der Waals surface area contributed by atoms with Gasteiger partial charge in [-0.2, -0.15) is 0 Å². The Labute approximate surface area is 134 Å². The lowest BCUT2D eigenvalue weighted by molar-refractivity contribution is 0.188. The average molecular weight is 314 g/mol. The maximum absolute atomic E-state index is 13.6. The van der Waals surface area contributed by atoms with Gasteiger partial charge in [-0.05, 0) is 43.2 Å². The summed E-state index contributed by atoms with van der Waals surface area (Å²) in [6, 6.07) is 11.8. The first-order valence-corrected chi connectivity index (χ1v) is 7.69. The zero-order valence-corrected chi connectivity index (χ0v) is 13.2. The summed E-state index contributed by atoms with van der Waals surface area (Å²) >= 11 is 0. The maximum atomic E-state index is 13.6. The van der Waals surface area contributed by atoms with E-state index in [1.807, 2.05) is 31.2 Å². The fraction of sp³-hybridized carbons (Fsp3) is 0.278. The van der Waals surface area contributed by atoms with E-state index >= 15 is 0 Å². The van der Waals surface area contributed by atoms with Gasteiger partial charge in [0.25, 0.3) is 0 Å². The number of ether oxygens (including phenoxy) is 1. The van der Waals surface area contributed by atoms with Crippen molar-refractivity contribution in [3.8, 4) is 5.75 Å². The van der Waals surface area contributed by atoms with Gasteiger partial charge >= 0.3 is 6.03 Å². The van der Waals surface area contributed by atoms with Crippen LogP contribution in [0.4, 0.5) is 20.6 Å². The predicted molar refractivity (Wildman–Crippen MR) is 88.7 cm³/mol. The summed E-state index contributed by atoms with van der Waals surface area (Å²) in [5.41, 5.74) is 1.71. The maximum Gasteiger partial charge on any atom is 0.326 e. The Morgan fingerprint density at radius 2 is 2.13 bits per heavy atom. The molecule has 4 nitrogen and oxygen atoms in total. The molecule has 0 aromatic heterocycles. The SMILES string of the molecule is CC[C@H]1CN(C(=O)Nc2ccc(C)c(F)c2)c2ccccc2O1. The molecule has 0 saturated heterocycles. The summed E-state index contributed by atoms with van der Waals surface area (Å²) in [6.45, 7) is 4.17. The highest BCUT2D eigenvalue weighted by Crippen LogP contribution is 2.34. The zero-order valence-electron chi connectivity index (χ0n) is 13.2. The largest absolute Gasteiger partial charge is 0.486 e. The third-order valence-corrected chi connectivity index (χ3v) is 3.96. The molecule has 0 saturated carbocycles. The van der Waals surface area contributed by atoms with E-state index < -0.39 is 0 Å². The quantitative estimate of drug-likeness (QED) is 0.895. The van der Waals surface area contributed by atoms with E-state index in [-0.39, 0.29) is 18.0 Å². The molecule has 5 heteroatoms. The molecule has 2 aromatic carbocycles. The van der Waals surface area contributed by atoms with Crippen LogP contribution in [-0.4, -0.2) is 18.7 Å². The van der Waals surface area contributed by atoms with Crippen molar-refractivity contribution in [2.45, 2.75) is 26.4 Å². The Morgan fingerprint density at radius 3 is 2.87 bits per heavy atom. The Hall–Kier alpha value is -2.56. The number of nitrogens with zero attached hydrogens (tertiary/aromatic N) is 1. The van der Waals surface area contributed by atoms with Crippen LogP contribution in [0.15, 0.2) is 42.5 Å². The van der Waals surface area contributed by atoms with Crippen molar-refractivity contribution in [3.05, 3.63) is 53.8 Å². The first kappa shape index (κ1) is 15.3. The van der Waals surface area contributed by atoms with Gasteiger partial charge in [0.05, 0.1) is 12.2 Å². The van der Waals surface area contributed by atoms with Gasteiger partial charge in [-0.15, -0.1) is 0 Å². The van der Waals surface area contributed by atoms with Gasteiger partial charge in [0.2, 0.25) is 0 Å². The number of fused-ring (bicyclic) bond motifs is 1. The number of nitrogens with one attached hydrogen (secondary N) is 1. The molecular formula is C18H19FN2O2. The highest BCUT2D eigenvalue weighted by molar-refractivity contribution is 6.03. The zero-order chi connectivity index (χ0) is 16.4. The van der Waals surface area contributed by atoms with Gasteiger partial charge in [-0.25, -0.2) is 9.18 Å². The molecule has 0 bridgehead atoms. The number of aryl methyl sites for hydroxylation is 1. The van der Waals surface area contributed by atoms with E-state index in [4.69, 9.17) is 4.74 Å². The number of hydrogen-bond acceptors (Lipinski definition) is 2. The molecule has 0 aliphatic carbocycles. The third kappa shape index (κ3) is 3.13. The van der Waals surface area contributed by atoms with Crippen LogP contribution in [0, 0.1) is 12.7 Å². The summed E-state index contributed by atoms with van der Waals surface area (Å²) in [5.74, 6) is 0.354. The molecule has 1 heterocycles. The van der Waals surface area contributed by atoms with Crippen LogP contribution in [0.3, 0.4) is 0 Å². The first-order chi connectivity index (χ1) is 11.1. The van der Waals surface area contributed by atoms with Crippen molar-refractivity contribution in [2.75, 3.05) is 16.8 Å². The van der Waals surface area contributed by atoms with Crippen LogP contribution in [0.25, 0.3) is 0 Å². The number of rotatable bonds is 2. The molecule has 0 radical (unpaired) electrons. The molecule has 23 heavy (non-hydrogen) atoms. The highest BCUT2D eigenvalue weighted by Gasteiger charge is 2.28. The Balaban J connectivity index is 1.84. The molecule has 1 aliphatic heterocycles. The van der Waals surface area contributed by atoms with Crippen LogP contribution >= 0.6 is 0 Å². The van der Waals surface area contributed by atoms with Crippen LogP contribution in [0.1, 0.15) is 18.9 Å². The number of halogens is 1. The van der Waals surface area contributed by atoms with Crippen molar-refractivity contribution in [1.29, 1.82) is 0 Å². The number of anilines is 2. The highest BCUT2D eigenvalue weighted by atomic mass is 19.1. The summed E-state index contributed by atoms with van der Waals surface area (Å²) in [4.78, 5) is 14.3. The number of hydrogen-bond donors (Lipinski definition) is 1. The van der Waals surface area contributed by atoms with E-state index in [0.717, 1.165) is 12.1 Å². The number of amides is 2. The molecule has 0 fully saturated rings. The van der Waals surface area contributed by atoms with Crippen LogP contribution in [0.2, 0.25) is 0 Å². The molecule has 3 rings (SSSR count). The number of benzene rings is 2. The fourth-order valence-corrected chi connectivity index (χ4v) is 2.56. The van der Waals surface area contributed by atoms with Crippen molar-refractivity contribution in [1.82, 2.24) is 0 Å². The van der Waals surface area contributed by atoms with Crippen LogP contribution in [0.5, 0.6) is 5.75 Å². The molecule has 1 N–H and O–H groups in total. The second kappa shape index (κ2) is 6.28. The standard InChI is InChI=1S/C18H19FN2O2/c1-3-14-11-21(16-6-4-5-7-17(16)23-14)18(22)20-13-9-8-12(2)15(19)10-13/h4-10,14H,3,11H2,1-2H3,(H,20,22)/t14-/m0/s1. The third-order valence-electron chi connectivity index (χ3n) is 3.96. The van der Waals surface area contributed by atoms with Crippen molar-refractivity contribution < 1.29 is 13.9 Å². The number of para-hydroxylation sites is 2. The van der Waals surface area contributed by atoms with Gasteiger partial charge in [-0.3, -0.25) is 4.90 Å². The second-order valence-corrected chi connectivity index (χ2v) is 5.62. The lowest BCUT2D eigenvalue weighted by atomic mass is 10.1. The smallest absolute Gasteiger partial charge is 0.326 e. The Bertz CT molecular complexity index is 733. The minimum absolute atomic E-state index is 0.0506. The van der Waals surface area contributed by atoms with Gasteiger partial charge in [-0.1, -0.05) is 25.1 Å². The van der Waals surface area contributed by atoms with Crippen LogP contribution in [-0.2, 0) is 0 Å². The molecule has 120 valence electrons. The van der Waals surface area contributed by atoms with Gasteiger partial charge < -0.3 is 10.1 Å². The molecule has 2 aromatic rings. The lowest BCUT2D eigenvalue weighted by Gasteiger charge is -2.34. The average Bonchev–Trinajstić information content (AvgIpc) is 2.57. The van der Waals surface area contributed by atoms with E-state index in [0.29, 0.717) is 23.5 Å². The van der Waals surface area contributed by atoms with Crippen molar-refractivity contribution in [3.63, 3.8) is 0 Å². The first-order valence-electron chi connectivity index (χ1n) is 7.69. The normalized spacial score (nSPS) is 16.5. The summed E-state index contributed by atoms with van der Waals surface area (Å²) < 4.78 is 19.5. The van der Waals surface area contributed by atoms with Crippen molar-refractivity contribution in [2.24, 2.45) is 0 Å². The summed E-state index contributed by atoms with van der Waals surface area (Å²) in [6.07, 6.45) is 0.752. The summed E-state index contributed by atoms with van der Waals surface area (Å²) in [5, 5.41) is 2.76. The minimum Gasteiger partial charge on any atom is -0.486 e. The van der Waals surface area contributed by atoms with E-state index in [9.17, 15) is 9.18 Å². The number of carbonyl (C=O) groups is 1. The topological polar surface area (TPSA) is 41.6 Å². The number of carbonyl (C=O) groups excluding carboxylic acids is 1. The molecule has 1 aliphatic rings. The fourth-order valence-electron chi connectivity index (χ4n) is 2.56. The molecule has 2 amide bonds. The predicted octanol–water partition coefficient (Wildman–Crippen LogP) is 4.34. The van der Waals surface area contributed by atoms with Gasteiger partial charge in [0.15, 0.2) is 0 Å². The van der Waals surface area contributed by atoms with E-state index in [1.54, 1.807) is 24.0 Å². The van der Waals surface area contributed by atoms with Gasteiger partial charge in [0.1, 0.15) is 17.7 Å². The van der Waals surface area contributed by atoms with Crippen molar-refractivity contribution >= 4 is 17.4 Å². The molecule has 0 unspecified atom stereocenters. The van der Waals surface area contributed by atoms with E-state index in [1.165, 1.54) is 6.07 Å². The Morgan fingerprint density at radius 1 is 1.35 bits per heavy atom. The summed E-state index contributed by atoms with van der Waals surface area (Å²) in [7, 11) is 0. The second-order valence-electron chi connectivity index (χ2n) is 5.62. The van der Waals surface area contributed by atoms with Gasteiger partial charge in [0, 0.05) is 5.69 Å². The lowest BCUT2D eigenvalue weighted by Crippen LogP contribution is -2.45.